The molecule has 6 nitrogen and oxygen atoms in total. The quantitative estimate of drug-likeness (QED) is 0.677. The number of aliphatic hydroxyl groups is 1. The Bertz CT molecular complexity index is 1070. The highest BCUT2D eigenvalue weighted by Crippen LogP contribution is 2.38. The molecule has 146 valence electrons. The number of hydrogen-bond donors (Lipinski definition) is 2. The van der Waals surface area contributed by atoms with E-state index in [1.807, 2.05) is 0 Å². The van der Waals surface area contributed by atoms with E-state index >= 15 is 0 Å². The van der Waals surface area contributed by atoms with Crippen molar-refractivity contribution >= 4 is 11.6 Å². The summed E-state index contributed by atoms with van der Waals surface area (Å²) < 4.78 is 12.3. The lowest BCUT2D eigenvalue weighted by atomic mass is 10.0. The Labute approximate surface area is 167 Å². The third-order valence-corrected chi connectivity index (χ3v) is 4.74. The summed E-state index contributed by atoms with van der Waals surface area (Å²) in [5.74, 6) is 0.807. The van der Waals surface area contributed by atoms with Crippen molar-refractivity contribution < 1.29 is 19.7 Å². The third kappa shape index (κ3) is 3.69. The number of halogens is 1. The van der Waals surface area contributed by atoms with Gasteiger partial charge in [-0.1, -0.05) is 11.6 Å². The summed E-state index contributed by atoms with van der Waals surface area (Å²) in [6.45, 7) is 1.55. The average molecular weight is 402 g/mol. The van der Waals surface area contributed by atoms with Crippen molar-refractivity contribution in [3.63, 3.8) is 0 Å². The Morgan fingerprint density at radius 3 is 2.43 bits per heavy atom. The second-order valence-corrected chi connectivity index (χ2v) is 6.63. The minimum atomic E-state index is -0.917. The van der Waals surface area contributed by atoms with Crippen LogP contribution in [0.25, 0.3) is 16.8 Å². The van der Waals surface area contributed by atoms with E-state index in [4.69, 9.17) is 21.1 Å². The first-order valence-corrected chi connectivity index (χ1v) is 8.89. The zero-order valence-electron chi connectivity index (χ0n) is 15.6. The van der Waals surface area contributed by atoms with E-state index in [2.05, 4.69) is 0 Å². The van der Waals surface area contributed by atoms with Crippen molar-refractivity contribution in [1.29, 1.82) is 0 Å². The minimum absolute atomic E-state index is 0.343. The monoisotopic (exact) mass is 401 g/mol. The average Bonchev–Trinajstić information content (AvgIpc) is 2.69. The molecule has 1 unspecified atom stereocenters. The van der Waals surface area contributed by atoms with E-state index < -0.39 is 17.3 Å². The smallest absolute Gasteiger partial charge is 0.223 e. The molecule has 1 aromatic heterocycles. The van der Waals surface area contributed by atoms with Crippen LogP contribution in [-0.2, 0) is 0 Å². The zero-order chi connectivity index (χ0) is 20.4. The molecule has 0 aliphatic carbocycles. The Morgan fingerprint density at radius 2 is 1.79 bits per heavy atom. The second-order valence-electron chi connectivity index (χ2n) is 6.22. The number of aromatic nitrogens is 1. The lowest BCUT2D eigenvalue weighted by Crippen LogP contribution is -2.13. The fourth-order valence-electron chi connectivity index (χ4n) is 2.98. The molecule has 0 fully saturated rings. The highest BCUT2D eigenvalue weighted by molar-refractivity contribution is 6.33. The molecule has 0 bridgehead atoms. The largest absolute Gasteiger partial charge is 0.503 e. The van der Waals surface area contributed by atoms with Crippen LogP contribution in [0, 0.1) is 0 Å². The summed E-state index contributed by atoms with van der Waals surface area (Å²) >= 11 is 6.40. The van der Waals surface area contributed by atoms with Crippen LogP contribution in [0.1, 0.15) is 18.7 Å². The van der Waals surface area contributed by atoms with Crippen LogP contribution in [0.5, 0.6) is 17.2 Å². The van der Waals surface area contributed by atoms with Crippen LogP contribution >= 0.6 is 11.6 Å². The van der Waals surface area contributed by atoms with Gasteiger partial charge in [0, 0.05) is 27.9 Å². The van der Waals surface area contributed by atoms with E-state index in [0.29, 0.717) is 39.0 Å². The SMILES string of the molecule is COc1ccc(Cl)c(-c2cc(-n3cc(O)c(=O)cc3C(C)O)ccc2OC)c1. The maximum absolute atomic E-state index is 11.8. The van der Waals surface area contributed by atoms with Gasteiger partial charge in [-0.25, -0.2) is 0 Å². The van der Waals surface area contributed by atoms with Crippen LogP contribution in [-0.4, -0.2) is 29.0 Å². The summed E-state index contributed by atoms with van der Waals surface area (Å²) in [5.41, 5.74) is 1.79. The van der Waals surface area contributed by atoms with Crippen molar-refractivity contribution in [2.45, 2.75) is 13.0 Å². The van der Waals surface area contributed by atoms with Gasteiger partial charge < -0.3 is 24.3 Å². The molecule has 1 atom stereocenters. The summed E-state index contributed by atoms with van der Waals surface area (Å²) in [5, 5.41) is 20.5. The summed E-state index contributed by atoms with van der Waals surface area (Å²) in [4.78, 5) is 11.8. The number of ether oxygens (including phenoxy) is 2. The number of benzene rings is 2. The standard InChI is InChI=1S/C21H20ClNO5/c1-12(24)18-10-19(25)20(26)11-23(18)13-4-7-21(28-3)16(8-13)15-9-14(27-2)5-6-17(15)22/h4-12,24,26H,1-3H3. The lowest BCUT2D eigenvalue weighted by molar-refractivity contribution is 0.191. The molecule has 1 heterocycles. The van der Waals surface area contributed by atoms with Gasteiger partial charge in [0.05, 0.1) is 32.2 Å². The van der Waals surface area contributed by atoms with Gasteiger partial charge in [0.1, 0.15) is 11.5 Å². The Balaban J connectivity index is 2.27. The van der Waals surface area contributed by atoms with Gasteiger partial charge in [-0.2, -0.15) is 0 Å². The number of aliphatic hydroxyl groups excluding tert-OH is 1. The number of rotatable bonds is 5. The normalized spacial score (nSPS) is 11.9. The van der Waals surface area contributed by atoms with Crippen LogP contribution < -0.4 is 14.9 Å². The highest BCUT2D eigenvalue weighted by Gasteiger charge is 2.16. The molecule has 3 rings (SSSR count). The fraction of sp³-hybridized carbons (Fsp3) is 0.190. The molecule has 7 heteroatoms. The predicted octanol–water partition coefficient (Wildman–Crippen LogP) is 3.93. The molecule has 0 saturated heterocycles. The topological polar surface area (TPSA) is 80.9 Å². The molecule has 0 amide bonds. The first-order chi connectivity index (χ1) is 13.3. The number of nitrogens with zero attached hydrogens (tertiary/aromatic N) is 1. The zero-order valence-corrected chi connectivity index (χ0v) is 16.4. The van der Waals surface area contributed by atoms with E-state index in [9.17, 15) is 15.0 Å². The molecule has 0 aliphatic rings. The Kier molecular flexibility index (Phi) is 5.63. The van der Waals surface area contributed by atoms with Crippen molar-refractivity contribution in [2.75, 3.05) is 14.2 Å². The first-order valence-electron chi connectivity index (χ1n) is 8.51. The van der Waals surface area contributed by atoms with Gasteiger partial charge >= 0.3 is 0 Å². The highest BCUT2D eigenvalue weighted by atomic mass is 35.5. The number of pyridine rings is 1. The molecule has 28 heavy (non-hydrogen) atoms. The van der Waals surface area contributed by atoms with E-state index in [0.717, 1.165) is 0 Å². The maximum Gasteiger partial charge on any atom is 0.223 e. The molecule has 0 radical (unpaired) electrons. The summed E-state index contributed by atoms with van der Waals surface area (Å²) in [7, 11) is 3.12. The Hall–Kier alpha value is -2.96. The molecular weight excluding hydrogens is 382 g/mol. The van der Waals surface area contributed by atoms with Gasteiger partial charge in [-0.15, -0.1) is 0 Å². The van der Waals surface area contributed by atoms with Crippen molar-refractivity contribution in [3.8, 4) is 34.1 Å². The number of hydrogen-bond acceptors (Lipinski definition) is 5. The summed E-state index contributed by atoms with van der Waals surface area (Å²) in [6.07, 6.45) is 0.364. The number of methoxy groups -OCH3 is 2. The van der Waals surface area contributed by atoms with Gasteiger partial charge in [0.2, 0.25) is 5.43 Å². The summed E-state index contributed by atoms with van der Waals surface area (Å²) in [6, 6.07) is 11.8. The molecular formula is C21H20ClNO5. The maximum atomic E-state index is 11.8. The Morgan fingerprint density at radius 1 is 1.04 bits per heavy atom. The minimum Gasteiger partial charge on any atom is -0.503 e. The fourth-order valence-corrected chi connectivity index (χ4v) is 3.20. The predicted molar refractivity (Wildman–Crippen MR) is 108 cm³/mol. The van der Waals surface area contributed by atoms with Gasteiger partial charge in [-0.05, 0) is 43.3 Å². The van der Waals surface area contributed by atoms with Crippen molar-refractivity contribution in [3.05, 3.63) is 69.6 Å². The van der Waals surface area contributed by atoms with Crippen LogP contribution in [0.4, 0.5) is 0 Å². The van der Waals surface area contributed by atoms with Crippen molar-refractivity contribution in [2.24, 2.45) is 0 Å². The van der Waals surface area contributed by atoms with E-state index in [1.165, 1.54) is 12.3 Å². The van der Waals surface area contributed by atoms with Crippen LogP contribution in [0.15, 0.2) is 53.5 Å². The van der Waals surface area contributed by atoms with Crippen molar-refractivity contribution in [1.82, 2.24) is 4.57 Å². The van der Waals surface area contributed by atoms with Gasteiger partial charge in [0.25, 0.3) is 0 Å². The second kappa shape index (κ2) is 7.96. The lowest BCUT2D eigenvalue weighted by Gasteiger charge is -2.18. The van der Waals surface area contributed by atoms with Gasteiger partial charge in [-0.3, -0.25) is 4.79 Å². The molecule has 0 saturated carbocycles. The van der Waals surface area contributed by atoms with Crippen LogP contribution in [0.3, 0.4) is 0 Å². The van der Waals surface area contributed by atoms with Gasteiger partial charge in [0.15, 0.2) is 5.75 Å². The first kappa shape index (κ1) is 19.8. The van der Waals surface area contributed by atoms with Crippen LogP contribution in [0.2, 0.25) is 5.02 Å². The molecule has 3 aromatic rings. The molecule has 2 N–H and O–H groups in total. The molecule has 2 aromatic carbocycles. The molecule has 0 aliphatic heterocycles. The van der Waals surface area contributed by atoms with E-state index in [1.54, 1.807) is 62.1 Å². The third-order valence-electron chi connectivity index (χ3n) is 4.41. The molecule has 0 spiro atoms. The number of aromatic hydroxyl groups is 1. The van der Waals surface area contributed by atoms with E-state index in [-0.39, 0.29) is 0 Å².